The smallest absolute Gasteiger partial charge is 0.325 e. The van der Waals surface area contributed by atoms with Crippen LogP contribution >= 0.6 is 11.8 Å². The molecule has 90 valence electrons. The summed E-state index contributed by atoms with van der Waals surface area (Å²) in [5.41, 5.74) is 1.03. The lowest BCUT2D eigenvalue weighted by atomic mass is 10.4. The molecule has 0 saturated heterocycles. The summed E-state index contributed by atoms with van der Waals surface area (Å²) < 4.78 is 2.96. The molecule has 8 nitrogen and oxygen atoms in total. The van der Waals surface area contributed by atoms with Crippen LogP contribution in [0, 0.1) is 0 Å². The van der Waals surface area contributed by atoms with Crippen molar-refractivity contribution in [3.63, 3.8) is 0 Å². The van der Waals surface area contributed by atoms with Gasteiger partial charge in [-0.15, -0.1) is 5.10 Å². The van der Waals surface area contributed by atoms with Crippen molar-refractivity contribution in [3.8, 4) is 0 Å². The van der Waals surface area contributed by atoms with Gasteiger partial charge in [0.15, 0.2) is 0 Å². The van der Waals surface area contributed by atoms with Crippen LogP contribution in [0.5, 0.6) is 0 Å². The predicted octanol–water partition coefficient (Wildman–Crippen LogP) is -0.217. The first-order chi connectivity index (χ1) is 8.15. The van der Waals surface area contributed by atoms with E-state index in [9.17, 15) is 4.79 Å². The highest BCUT2D eigenvalue weighted by Gasteiger charge is 2.10. The lowest BCUT2D eigenvalue weighted by Crippen LogP contribution is -2.11. The molecule has 0 bridgehead atoms. The molecule has 2 aromatic rings. The van der Waals surface area contributed by atoms with E-state index in [1.54, 1.807) is 10.9 Å². The molecule has 2 aromatic heterocycles. The van der Waals surface area contributed by atoms with Gasteiger partial charge in [0.05, 0.1) is 6.20 Å². The third-order valence-electron chi connectivity index (χ3n) is 1.91. The van der Waals surface area contributed by atoms with Crippen LogP contribution in [0.15, 0.2) is 17.6 Å². The third-order valence-corrected chi connectivity index (χ3v) is 2.94. The highest BCUT2D eigenvalue weighted by molar-refractivity contribution is 7.98. The Bertz CT molecular complexity index is 522. The molecule has 0 spiro atoms. The Morgan fingerprint density at radius 3 is 3.06 bits per heavy atom. The molecule has 0 radical (unpaired) electrons. The minimum atomic E-state index is -0.972. The van der Waals surface area contributed by atoms with E-state index < -0.39 is 5.97 Å². The number of tetrazole rings is 1. The number of nitrogens with zero attached hydrogens (tertiary/aromatic N) is 6. The van der Waals surface area contributed by atoms with Gasteiger partial charge in [0, 0.05) is 24.6 Å². The first kappa shape index (κ1) is 11.6. The molecular weight excluding hydrogens is 244 g/mol. The molecule has 0 amide bonds. The van der Waals surface area contributed by atoms with Crippen molar-refractivity contribution in [1.82, 2.24) is 30.0 Å². The number of carboxylic acid groups (broad SMARTS) is 1. The molecule has 2 heterocycles. The fourth-order valence-corrected chi connectivity index (χ4v) is 2.01. The summed E-state index contributed by atoms with van der Waals surface area (Å²) in [5, 5.41) is 24.0. The lowest BCUT2D eigenvalue weighted by molar-refractivity contribution is -0.138. The van der Waals surface area contributed by atoms with Crippen molar-refractivity contribution in [2.24, 2.45) is 7.05 Å². The van der Waals surface area contributed by atoms with Crippen LogP contribution in [0.25, 0.3) is 0 Å². The van der Waals surface area contributed by atoms with Crippen LogP contribution < -0.4 is 0 Å². The maximum Gasteiger partial charge on any atom is 0.325 e. The van der Waals surface area contributed by atoms with Crippen LogP contribution in [0.4, 0.5) is 0 Å². The summed E-state index contributed by atoms with van der Waals surface area (Å²) in [4.78, 5) is 10.6. The molecule has 0 saturated carbocycles. The predicted molar refractivity (Wildman–Crippen MR) is 58.2 cm³/mol. The van der Waals surface area contributed by atoms with E-state index in [1.165, 1.54) is 16.4 Å². The Hall–Kier alpha value is -1.90. The van der Waals surface area contributed by atoms with E-state index in [-0.39, 0.29) is 6.54 Å². The summed E-state index contributed by atoms with van der Waals surface area (Å²) in [7, 11) is 1.84. The quantitative estimate of drug-likeness (QED) is 0.736. The Kier molecular flexibility index (Phi) is 3.38. The van der Waals surface area contributed by atoms with Crippen molar-refractivity contribution in [2.45, 2.75) is 17.5 Å². The van der Waals surface area contributed by atoms with Crippen molar-refractivity contribution in [2.75, 3.05) is 0 Å². The van der Waals surface area contributed by atoms with Crippen LogP contribution in [0.1, 0.15) is 5.56 Å². The average molecular weight is 254 g/mol. The largest absolute Gasteiger partial charge is 0.480 e. The highest BCUT2D eigenvalue weighted by atomic mass is 32.2. The number of rotatable bonds is 5. The van der Waals surface area contributed by atoms with Crippen molar-refractivity contribution in [3.05, 3.63) is 18.0 Å². The van der Waals surface area contributed by atoms with Gasteiger partial charge >= 0.3 is 5.97 Å². The molecule has 0 atom stereocenters. The second kappa shape index (κ2) is 4.95. The van der Waals surface area contributed by atoms with Gasteiger partial charge in [-0.05, 0) is 10.4 Å². The molecular formula is C8H10N6O2S. The molecule has 0 fully saturated rings. The molecule has 0 aliphatic carbocycles. The first-order valence-corrected chi connectivity index (χ1v) is 5.72. The zero-order chi connectivity index (χ0) is 12.3. The van der Waals surface area contributed by atoms with Crippen LogP contribution in [-0.4, -0.2) is 41.1 Å². The Morgan fingerprint density at radius 1 is 1.59 bits per heavy atom. The van der Waals surface area contributed by atoms with Gasteiger partial charge in [-0.2, -0.15) is 5.10 Å². The summed E-state index contributed by atoms with van der Waals surface area (Å²) in [5.74, 6) is -0.325. The third kappa shape index (κ3) is 3.03. The Balaban J connectivity index is 1.99. The van der Waals surface area contributed by atoms with Gasteiger partial charge in [-0.1, -0.05) is 11.8 Å². The molecule has 2 rings (SSSR count). The highest BCUT2D eigenvalue weighted by Crippen LogP contribution is 2.19. The number of aryl methyl sites for hydroxylation is 1. The fourth-order valence-electron chi connectivity index (χ4n) is 1.22. The Labute approximate surface area is 101 Å². The maximum atomic E-state index is 10.6. The molecule has 0 aliphatic heterocycles. The molecule has 1 N–H and O–H groups in total. The van der Waals surface area contributed by atoms with Crippen LogP contribution in [0.3, 0.4) is 0 Å². The topological polar surface area (TPSA) is 98.7 Å². The Morgan fingerprint density at radius 2 is 2.41 bits per heavy atom. The van der Waals surface area contributed by atoms with Crippen LogP contribution in [-0.2, 0) is 24.1 Å². The normalized spacial score (nSPS) is 10.6. The SMILES string of the molecule is Cn1cc(CSc2nnnn2CC(=O)O)cn1. The number of carboxylic acids is 1. The van der Waals surface area contributed by atoms with Crippen molar-refractivity contribution >= 4 is 17.7 Å². The molecule has 9 heteroatoms. The van der Waals surface area contributed by atoms with Crippen molar-refractivity contribution < 1.29 is 9.90 Å². The second-order valence-electron chi connectivity index (χ2n) is 3.32. The van der Waals surface area contributed by atoms with E-state index in [0.29, 0.717) is 10.9 Å². The van der Waals surface area contributed by atoms with E-state index in [2.05, 4.69) is 20.6 Å². The van der Waals surface area contributed by atoms with Gasteiger partial charge in [0.25, 0.3) is 0 Å². The number of hydrogen-bond donors (Lipinski definition) is 1. The van der Waals surface area contributed by atoms with E-state index in [1.807, 2.05) is 13.2 Å². The maximum absolute atomic E-state index is 10.6. The average Bonchev–Trinajstić information content (AvgIpc) is 2.84. The number of aromatic nitrogens is 6. The zero-order valence-electron chi connectivity index (χ0n) is 9.02. The van der Waals surface area contributed by atoms with Gasteiger partial charge < -0.3 is 5.11 Å². The van der Waals surface area contributed by atoms with Crippen molar-refractivity contribution in [1.29, 1.82) is 0 Å². The van der Waals surface area contributed by atoms with E-state index in [0.717, 1.165) is 5.56 Å². The molecule has 0 aromatic carbocycles. The number of thioether (sulfide) groups is 1. The van der Waals surface area contributed by atoms with Gasteiger partial charge in [0.1, 0.15) is 6.54 Å². The first-order valence-electron chi connectivity index (χ1n) is 4.73. The number of carbonyl (C=O) groups is 1. The summed E-state index contributed by atoms with van der Waals surface area (Å²) in [6.07, 6.45) is 3.64. The zero-order valence-corrected chi connectivity index (χ0v) is 9.83. The number of hydrogen-bond acceptors (Lipinski definition) is 6. The molecule has 0 aliphatic rings. The second-order valence-corrected chi connectivity index (χ2v) is 4.27. The van der Waals surface area contributed by atoms with Gasteiger partial charge in [0.2, 0.25) is 5.16 Å². The molecule has 0 unspecified atom stereocenters. The van der Waals surface area contributed by atoms with Crippen LogP contribution in [0.2, 0.25) is 0 Å². The standard InChI is InChI=1S/C8H10N6O2S/c1-13-3-6(2-9-13)5-17-8-10-11-12-14(8)4-7(15)16/h2-3H,4-5H2,1H3,(H,15,16). The number of aliphatic carboxylic acids is 1. The minimum Gasteiger partial charge on any atom is -0.480 e. The molecule has 17 heavy (non-hydrogen) atoms. The van der Waals surface area contributed by atoms with E-state index >= 15 is 0 Å². The monoisotopic (exact) mass is 254 g/mol. The van der Waals surface area contributed by atoms with Gasteiger partial charge in [-0.25, -0.2) is 4.68 Å². The minimum absolute atomic E-state index is 0.234. The lowest BCUT2D eigenvalue weighted by Gasteiger charge is -1.99. The van der Waals surface area contributed by atoms with Gasteiger partial charge in [-0.3, -0.25) is 9.48 Å². The summed E-state index contributed by atoms with van der Waals surface area (Å²) >= 11 is 1.37. The summed E-state index contributed by atoms with van der Waals surface area (Å²) in [6, 6.07) is 0. The fraction of sp³-hybridized carbons (Fsp3) is 0.375. The summed E-state index contributed by atoms with van der Waals surface area (Å²) in [6.45, 7) is -0.234. The van der Waals surface area contributed by atoms with E-state index in [4.69, 9.17) is 5.11 Å².